The first kappa shape index (κ1) is 16.7. The highest BCUT2D eigenvalue weighted by atomic mass is 35.5. The van der Waals surface area contributed by atoms with E-state index in [0.29, 0.717) is 10.8 Å². The number of halogens is 2. The highest BCUT2D eigenvalue weighted by Crippen LogP contribution is 2.25. The molecule has 0 aliphatic heterocycles. The van der Waals surface area contributed by atoms with Gasteiger partial charge in [0.15, 0.2) is 6.10 Å². The molecule has 0 radical (unpaired) electrons. The number of hydrogen-bond acceptors (Lipinski definition) is 4. The van der Waals surface area contributed by atoms with Crippen LogP contribution < -0.4 is 10.1 Å². The summed E-state index contributed by atoms with van der Waals surface area (Å²) in [6, 6.07) is 9.43. The molecule has 0 aromatic heterocycles. The van der Waals surface area contributed by atoms with Crippen LogP contribution in [0.25, 0.3) is 0 Å². The van der Waals surface area contributed by atoms with Gasteiger partial charge in [-0.15, -0.1) is 0 Å². The smallest absolute Gasteiger partial charge is 0.271 e. The van der Waals surface area contributed by atoms with E-state index in [0.717, 1.165) is 18.2 Å². The SMILES string of the molecule is C[C@@H](Oc1ccccc1Cl)C(=O)Nc1cc([N+](=O)[O-])ccc1F. The first-order valence-electron chi connectivity index (χ1n) is 6.54. The van der Waals surface area contributed by atoms with Gasteiger partial charge in [-0.25, -0.2) is 4.39 Å². The predicted molar refractivity (Wildman–Crippen MR) is 83.2 cm³/mol. The average molecular weight is 339 g/mol. The number of nitro groups is 1. The van der Waals surface area contributed by atoms with Gasteiger partial charge in [-0.1, -0.05) is 23.7 Å². The summed E-state index contributed by atoms with van der Waals surface area (Å²) in [5.41, 5.74) is -0.625. The second-order valence-corrected chi connectivity index (χ2v) is 5.01. The largest absolute Gasteiger partial charge is 0.479 e. The maximum Gasteiger partial charge on any atom is 0.271 e. The van der Waals surface area contributed by atoms with Gasteiger partial charge in [0, 0.05) is 12.1 Å². The van der Waals surface area contributed by atoms with Crippen LogP contribution in [-0.2, 0) is 4.79 Å². The Morgan fingerprint density at radius 1 is 1.35 bits per heavy atom. The van der Waals surface area contributed by atoms with Crippen molar-refractivity contribution in [1.82, 2.24) is 0 Å². The summed E-state index contributed by atoms with van der Waals surface area (Å²) in [6.45, 7) is 1.45. The van der Waals surface area contributed by atoms with Crippen molar-refractivity contribution in [2.75, 3.05) is 5.32 Å². The molecule has 0 unspecified atom stereocenters. The number of nitro benzene ring substituents is 1. The van der Waals surface area contributed by atoms with E-state index in [9.17, 15) is 19.3 Å². The summed E-state index contributed by atoms with van der Waals surface area (Å²) in [5.74, 6) is -1.14. The number of benzene rings is 2. The van der Waals surface area contributed by atoms with Crippen molar-refractivity contribution in [3.63, 3.8) is 0 Å². The minimum Gasteiger partial charge on any atom is -0.479 e. The van der Waals surface area contributed by atoms with Gasteiger partial charge in [0.1, 0.15) is 11.6 Å². The summed E-state index contributed by atoms with van der Waals surface area (Å²) in [6.07, 6.45) is -0.978. The molecule has 0 aliphatic carbocycles. The Labute approximate surface area is 136 Å². The van der Waals surface area contributed by atoms with E-state index in [4.69, 9.17) is 16.3 Å². The lowest BCUT2D eigenvalue weighted by molar-refractivity contribution is -0.384. The highest BCUT2D eigenvalue weighted by molar-refractivity contribution is 6.32. The van der Waals surface area contributed by atoms with E-state index >= 15 is 0 Å². The van der Waals surface area contributed by atoms with Gasteiger partial charge in [0.2, 0.25) is 0 Å². The molecule has 2 aromatic carbocycles. The molecule has 23 heavy (non-hydrogen) atoms. The first-order valence-corrected chi connectivity index (χ1v) is 6.92. The van der Waals surface area contributed by atoms with Gasteiger partial charge in [0.25, 0.3) is 11.6 Å². The van der Waals surface area contributed by atoms with Crippen molar-refractivity contribution >= 4 is 28.9 Å². The fraction of sp³-hybridized carbons (Fsp3) is 0.133. The Morgan fingerprint density at radius 3 is 2.70 bits per heavy atom. The lowest BCUT2D eigenvalue weighted by Gasteiger charge is -2.15. The van der Waals surface area contributed by atoms with Crippen molar-refractivity contribution < 1.29 is 18.8 Å². The molecule has 6 nitrogen and oxygen atoms in total. The van der Waals surface area contributed by atoms with Crippen LogP contribution in [0.5, 0.6) is 5.75 Å². The number of amides is 1. The van der Waals surface area contributed by atoms with Crippen LogP contribution in [0.1, 0.15) is 6.92 Å². The summed E-state index contributed by atoms with van der Waals surface area (Å²) in [7, 11) is 0. The summed E-state index contributed by atoms with van der Waals surface area (Å²) < 4.78 is 19.0. The van der Waals surface area contributed by atoms with E-state index in [2.05, 4.69) is 5.32 Å². The van der Waals surface area contributed by atoms with Crippen LogP contribution in [0.4, 0.5) is 15.8 Å². The molecule has 2 rings (SSSR count). The van der Waals surface area contributed by atoms with Gasteiger partial charge in [0.05, 0.1) is 15.6 Å². The van der Waals surface area contributed by atoms with Crippen LogP contribution in [0.15, 0.2) is 42.5 Å². The Hall–Kier alpha value is -2.67. The Balaban J connectivity index is 2.11. The van der Waals surface area contributed by atoms with E-state index in [1.807, 2.05) is 0 Å². The van der Waals surface area contributed by atoms with E-state index in [1.165, 1.54) is 6.92 Å². The number of ether oxygens (including phenoxy) is 1. The van der Waals surface area contributed by atoms with Gasteiger partial charge >= 0.3 is 0 Å². The molecule has 0 saturated heterocycles. The van der Waals surface area contributed by atoms with E-state index in [-0.39, 0.29) is 11.4 Å². The molecule has 0 saturated carbocycles. The normalized spacial score (nSPS) is 11.6. The van der Waals surface area contributed by atoms with E-state index in [1.54, 1.807) is 24.3 Å². The lowest BCUT2D eigenvalue weighted by Crippen LogP contribution is -2.30. The molecule has 0 aliphatic rings. The van der Waals surface area contributed by atoms with Crippen molar-refractivity contribution in [2.45, 2.75) is 13.0 Å². The molecule has 1 amide bonds. The quantitative estimate of drug-likeness (QED) is 0.664. The van der Waals surface area contributed by atoms with Gasteiger partial charge in [-0.3, -0.25) is 14.9 Å². The number of rotatable bonds is 5. The molecule has 0 spiro atoms. The van der Waals surface area contributed by atoms with Crippen LogP contribution in [0.2, 0.25) is 5.02 Å². The third-order valence-corrected chi connectivity index (χ3v) is 3.24. The zero-order chi connectivity index (χ0) is 17.0. The average Bonchev–Trinajstić information content (AvgIpc) is 2.51. The van der Waals surface area contributed by atoms with E-state index < -0.39 is 22.8 Å². The van der Waals surface area contributed by atoms with Crippen molar-refractivity contribution in [2.24, 2.45) is 0 Å². The Kier molecular flexibility index (Phi) is 5.13. The fourth-order valence-corrected chi connectivity index (χ4v) is 1.92. The Morgan fingerprint density at radius 2 is 2.04 bits per heavy atom. The predicted octanol–water partition coefficient (Wildman–Crippen LogP) is 3.79. The minimum atomic E-state index is -0.978. The number of nitrogens with one attached hydrogen (secondary N) is 1. The topological polar surface area (TPSA) is 81.5 Å². The van der Waals surface area contributed by atoms with Crippen molar-refractivity contribution in [3.05, 3.63) is 63.4 Å². The maximum atomic E-state index is 13.6. The highest BCUT2D eigenvalue weighted by Gasteiger charge is 2.19. The standard InChI is InChI=1S/C15H12ClFN2O4/c1-9(23-14-5-3-2-4-11(14)16)15(20)18-13-8-10(19(21)22)6-7-12(13)17/h2-9H,1H3,(H,18,20)/t9-/m1/s1. The lowest BCUT2D eigenvalue weighted by atomic mass is 10.2. The number of non-ortho nitro benzene ring substituents is 1. The zero-order valence-corrected chi connectivity index (χ0v) is 12.7. The van der Waals surface area contributed by atoms with Crippen LogP contribution in [0.3, 0.4) is 0 Å². The van der Waals surface area contributed by atoms with Crippen LogP contribution in [-0.4, -0.2) is 16.9 Å². The maximum absolute atomic E-state index is 13.6. The zero-order valence-electron chi connectivity index (χ0n) is 12.0. The third-order valence-electron chi connectivity index (χ3n) is 2.93. The Bertz CT molecular complexity index is 754. The molecule has 0 fully saturated rings. The number of nitrogens with zero attached hydrogens (tertiary/aromatic N) is 1. The van der Waals surface area contributed by atoms with Gasteiger partial charge in [-0.05, 0) is 25.1 Å². The molecular formula is C15H12ClFN2O4. The van der Waals surface area contributed by atoms with Crippen molar-refractivity contribution in [3.8, 4) is 5.75 Å². The van der Waals surface area contributed by atoms with Gasteiger partial charge in [-0.2, -0.15) is 0 Å². The molecule has 8 heteroatoms. The third kappa shape index (κ3) is 4.17. The summed E-state index contributed by atoms with van der Waals surface area (Å²) in [4.78, 5) is 22.1. The molecular weight excluding hydrogens is 327 g/mol. The molecule has 1 atom stereocenters. The summed E-state index contributed by atoms with van der Waals surface area (Å²) in [5, 5.41) is 13.3. The first-order chi connectivity index (χ1) is 10.9. The van der Waals surface area contributed by atoms with Crippen LogP contribution in [0, 0.1) is 15.9 Å². The van der Waals surface area contributed by atoms with Crippen LogP contribution >= 0.6 is 11.6 Å². The van der Waals surface area contributed by atoms with Gasteiger partial charge < -0.3 is 10.1 Å². The molecule has 1 N–H and O–H groups in total. The number of carbonyl (C=O) groups is 1. The second-order valence-electron chi connectivity index (χ2n) is 4.60. The summed E-state index contributed by atoms with van der Waals surface area (Å²) >= 11 is 5.92. The molecule has 2 aromatic rings. The number of carbonyl (C=O) groups excluding carboxylic acids is 1. The molecule has 0 heterocycles. The monoisotopic (exact) mass is 338 g/mol. The fourth-order valence-electron chi connectivity index (χ4n) is 1.74. The number of hydrogen-bond donors (Lipinski definition) is 1. The van der Waals surface area contributed by atoms with Crippen molar-refractivity contribution in [1.29, 1.82) is 0 Å². The second kappa shape index (κ2) is 7.06. The molecule has 120 valence electrons. The number of para-hydroxylation sites is 1. The minimum absolute atomic E-state index is 0.293. The number of anilines is 1. The molecule has 0 bridgehead atoms.